The van der Waals surface area contributed by atoms with E-state index >= 15 is 0 Å². The van der Waals surface area contributed by atoms with E-state index in [4.69, 9.17) is 37.9 Å². The quantitative estimate of drug-likeness (QED) is 0.676. The van der Waals surface area contributed by atoms with Gasteiger partial charge in [-0.25, -0.2) is 4.98 Å². The molecule has 3 heterocycles. The summed E-state index contributed by atoms with van der Waals surface area (Å²) < 4.78 is 44.9. The Morgan fingerprint density at radius 2 is 1.38 bits per heavy atom. The molecule has 146 valence electrons. The Labute approximate surface area is 152 Å². The summed E-state index contributed by atoms with van der Waals surface area (Å²) in [6, 6.07) is 0. The molecule has 0 bridgehead atoms. The molecule has 0 amide bonds. The Bertz CT molecular complexity index is 644. The van der Waals surface area contributed by atoms with E-state index < -0.39 is 24.2 Å². The summed E-state index contributed by atoms with van der Waals surface area (Å²) in [5.41, 5.74) is 1.59. The zero-order chi connectivity index (χ0) is 18.9. The van der Waals surface area contributed by atoms with Gasteiger partial charge in [0.2, 0.25) is 5.88 Å². The fourth-order valence-electron chi connectivity index (χ4n) is 3.46. The maximum Gasteiger partial charge on any atom is 0.355 e. The summed E-state index contributed by atoms with van der Waals surface area (Å²) in [4.78, 5) is 4.41. The third-order valence-corrected chi connectivity index (χ3v) is 4.94. The fourth-order valence-corrected chi connectivity index (χ4v) is 3.46. The lowest BCUT2D eigenvalue weighted by molar-refractivity contribution is -0.374. The Balaban J connectivity index is 2.06. The van der Waals surface area contributed by atoms with E-state index in [0.717, 1.165) is 11.1 Å². The molecule has 0 N–H and O–H groups in total. The van der Waals surface area contributed by atoms with Crippen LogP contribution in [-0.2, 0) is 41.3 Å². The summed E-state index contributed by atoms with van der Waals surface area (Å²) in [7, 11) is 9.12. The lowest BCUT2D eigenvalue weighted by Gasteiger charge is -2.44. The number of hydrogen-bond donors (Lipinski definition) is 0. The lowest BCUT2D eigenvalue weighted by atomic mass is 9.96. The van der Waals surface area contributed by atoms with E-state index in [1.165, 1.54) is 28.4 Å². The molecular formula is C17H25NO8. The van der Waals surface area contributed by atoms with E-state index in [1.54, 1.807) is 20.4 Å². The highest BCUT2D eigenvalue weighted by molar-refractivity contribution is 5.49. The predicted molar refractivity (Wildman–Crippen MR) is 88.0 cm³/mol. The molecule has 1 aromatic rings. The monoisotopic (exact) mass is 371 g/mol. The average molecular weight is 371 g/mol. The first-order valence-corrected chi connectivity index (χ1v) is 8.18. The molecule has 9 heteroatoms. The number of fused-ring (bicyclic) bond motifs is 3. The number of aromatic nitrogens is 1. The second-order valence-corrected chi connectivity index (χ2v) is 5.98. The molecule has 0 fully saturated rings. The van der Waals surface area contributed by atoms with Crippen LogP contribution in [0.2, 0.25) is 0 Å². The van der Waals surface area contributed by atoms with Crippen molar-refractivity contribution in [3.8, 4) is 11.6 Å². The van der Waals surface area contributed by atoms with Gasteiger partial charge in [0.05, 0.1) is 5.56 Å². The van der Waals surface area contributed by atoms with Crippen molar-refractivity contribution in [3.05, 3.63) is 17.3 Å². The van der Waals surface area contributed by atoms with Crippen molar-refractivity contribution in [3.63, 3.8) is 0 Å². The van der Waals surface area contributed by atoms with E-state index in [0.29, 0.717) is 24.5 Å². The van der Waals surface area contributed by atoms with Gasteiger partial charge in [0.15, 0.2) is 12.2 Å². The predicted octanol–water partition coefficient (Wildman–Crippen LogP) is 0.875. The van der Waals surface area contributed by atoms with Crippen molar-refractivity contribution in [2.24, 2.45) is 0 Å². The van der Waals surface area contributed by atoms with Crippen molar-refractivity contribution in [2.75, 3.05) is 42.7 Å². The Kier molecular flexibility index (Phi) is 5.38. The van der Waals surface area contributed by atoms with Crippen molar-refractivity contribution < 1.29 is 37.9 Å². The van der Waals surface area contributed by atoms with E-state index in [-0.39, 0.29) is 0 Å². The van der Waals surface area contributed by atoms with Crippen LogP contribution in [0, 0.1) is 0 Å². The van der Waals surface area contributed by atoms with E-state index in [2.05, 4.69) is 4.98 Å². The van der Waals surface area contributed by atoms with E-state index in [1.807, 2.05) is 0 Å². The van der Waals surface area contributed by atoms with Crippen LogP contribution in [0.5, 0.6) is 11.6 Å². The summed E-state index contributed by atoms with van der Waals surface area (Å²) in [6.07, 6.45) is 1.61. The van der Waals surface area contributed by atoms with Crippen LogP contribution in [0.3, 0.4) is 0 Å². The SMILES string of the molecule is COC1Cc2c(ncc3c2OC(OC)(OC)C(OC)C3)OC1(OC)OC. The minimum atomic E-state index is -1.38. The van der Waals surface area contributed by atoms with Gasteiger partial charge < -0.3 is 37.9 Å². The first-order valence-electron chi connectivity index (χ1n) is 8.18. The number of methoxy groups -OCH3 is 6. The summed E-state index contributed by atoms with van der Waals surface area (Å²) in [5, 5.41) is 0. The molecule has 2 atom stereocenters. The highest BCUT2D eigenvalue weighted by atomic mass is 16.9. The van der Waals surface area contributed by atoms with Gasteiger partial charge in [0.1, 0.15) is 5.75 Å². The maximum atomic E-state index is 6.12. The molecule has 2 aliphatic heterocycles. The standard InChI is InChI=1S/C17H25NO8/c1-19-12-7-10-9-18-15-11(14(10)25-16(12,21-3)22-4)8-13(20-2)17(23-5,24-6)26-15/h9,12-13H,7-8H2,1-6H3. The highest BCUT2D eigenvalue weighted by Crippen LogP contribution is 2.45. The van der Waals surface area contributed by atoms with Crippen molar-refractivity contribution in [1.29, 1.82) is 0 Å². The number of ether oxygens (including phenoxy) is 8. The molecule has 0 saturated carbocycles. The van der Waals surface area contributed by atoms with Crippen LogP contribution in [0.1, 0.15) is 11.1 Å². The summed E-state index contributed by atoms with van der Waals surface area (Å²) in [6.45, 7) is 0. The second kappa shape index (κ2) is 7.26. The Morgan fingerprint density at radius 1 is 0.846 bits per heavy atom. The molecule has 0 saturated heterocycles. The van der Waals surface area contributed by atoms with Crippen LogP contribution in [0.25, 0.3) is 0 Å². The number of pyridine rings is 1. The fraction of sp³-hybridized carbons (Fsp3) is 0.706. The molecule has 0 radical (unpaired) electrons. The van der Waals surface area contributed by atoms with Crippen LogP contribution < -0.4 is 9.47 Å². The van der Waals surface area contributed by atoms with Crippen molar-refractivity contribution in [2.45, 2.75) is 37.0 Å². The minimum absolute atomic E-state index is 0.345. The molecule has 3 rings (SSSR count). The summed E-state index contributed by atoms with van der Waals surface area (Å²) >= 11 is 0. The van der Waals surface area contributed by atoms with Gasteiger partial charge >= 0.3 is 11.9 Å². The number of rotatable bonds is 6. The third-order valence-electron chi connectivity index (χ3n) is 4.94. The van der Waals surface area contributed by atoms with Gasteiger partial charge in [-0.3, -0.25) is 0 Å². The Hall–Kier alpha value is -1.49. The first-order chi connectivity index (χ1) is 12.5. The average Bonchev–Trinajstić information content (AvgIpc) is 2.71. The topological polar surface area (TPSA) is 86.7 Å². The van der Waals surface area contributed by atoms with Crippen LogP contribution in [0.4, 0.5) is 0 Å². The Morgan fingerprint density at radius 3 is 1.92 bits per heavy atom. The molecule has 9 nitrogen and oxygen atoms in total. The molecular weight excluding hydrogens is 346 g/mol. The molecule has 26 heavy (non-hydrogen) atoms. The van der Waals surface area contributed by atoms with E-state index in [9.17, 15) is 0 Å². The minimum Gasteiger partial charge on any atom is -0.436 e. The normalized spacial score (nSPS) is 25.6. The zero-order valence-electron chi connectivity index (χ0n) is 15.9. The van der Waals surface area contributed by atoms with Crippen molar-refractivity contribution >= 4 is 0 Å². The van der Waals surface area contributed by atoms with Gasteiger partial charge in [-0.15, -0.1) is 0 Å². The molecule has 2 aliphatic rings. The smallest absolute Gasteiger partial charge is 0.355 e. The van der Waals surface area contributed by atoms with Crippen LogP contribution in [-0.4, -0.2) is 71.8 Å². The molecule has 0 spiro atoms. The van der Waals surface area contributed by atoms with Gasteiger partial charge in [0.25, 0.3) is 0 Å². The molecule has 1 aromatic heterocycles. The van der Waals surface area contributed by atoms with Crippen LogP contribution >= 0.6 is 0 Å². The second-order valence-electron chi connectivity index (χ2n) is 5.98. The van der Waals surface area contributed by atoms with Gasteiger partial charge in [-0.1, -0.05) is 0 Å². The molecule has 2 unspecified atom stereocenters. The summed E-state index contributed by atoms with van der Waals surface area (Å²) in [5.74, 6) is -1.82. The lowest BCUT2D eigenvalue weighted by Crippen LogP contribution is -2.57. The zero-order valence-corrected chi connectivity index (χ0v) is 15.9. The van der Waals surface area contributed by atoms with Crippen LogP contribution in [0.15, 0.2) is 6.20 Å². The highest BCUT2D eigenvalue weighted by Gasteiger charge is 2.52. The van der Waals surface area contributed by atoms with Crippen molar-refractivity contribution in [1.82, 2.24) is 4.98 Å². The number of hydrogen-bond acceptors (Lipinski definition) is 9. The third kappa shape index (κ3) is 2.75. The van der Waals surface area contributed by atoms with Gasteiger partial charge in [-0.05, 0) is 0 Å². The molecule has 0 aliphatic carbocycles. The molecule has 0 aromatic carbocycles. The van der Waals surface area contributed by atoms with Gasteiger partial charge in [-0.2, -0.15) is 0 Å². The number of nitrogens with zero attached hydrogens (tertiary/aromatic N) is 1. The van der Waals surface area contributed by atoms with Gasteiger partial charge in [0, 0.05) is 67.3 Å². The first kappa shape index (κ1) is 19.3. The maximum absolute atomic E-state index is 6.12. The largest absolute Gasteiger partial charge is 0.436 e.